The second-order valence-corrected chi connectivity index (χ2v) is 4.47. The second kappa shape index (κ2) is 5.59. The van der Waals surface area contributed by atoms with Crippen molar-refractivity contribution in [3.8, 4) is 0 Å². The Labute approximate surface area is 118 Å². The molecular weight excluding hydrogens is 295 g/mol. The summed E-state index contributed by atoms with van der Waals surface area (Å²) in [5.41, 5.74) is 0.331. The van der Waals surface area contributed by atoms with Gasteiger partial charge < -0.3 is 10.6 Å². The molecule has 0 unspecified atom stereocenters. The van der Waals surface area contributed by atoms with Crippen LogP contribution in [0.4, 0.5) is 26.1 Å². The van der Waals surface area contributed by atoms with Crippen molar-refractivity contribution in [2.75, 3.05) is 17.7 Å². The number of anilines is 3. The molecule has 1 heterocycles. The van der Waals surface area contributed by atoms with Crippen LogP contribution in [-0.2, 0) is 0 Å². The van der Waals surface area contributed by atoms with Crippen molar-refractivity contribution in [2.24, 2.45) is 0 Å². The Morgan fingerprint density at radius 3 is 2.32 bits per heavy atom. The molecule has 0 saturated heterocycles. The van der Waals surface area contributed by atoms with E-state index in [0.29, 0.717) is 22.3 Å². The van der Waals surface area contributed by atoms with E-state index in [4.69, 9.17) is 23.2 Å². The topological polar surface area (TPSA) is 37.0 Å². The van der Waals surface area contributed by atoms with E-state index in [-0.39, 0.29) is 5.02 Å². The molecule has 0 aliphatic heterocycles. The molecule has 2 rings (SSSR count). The maximum Gasteiger partial charge on any atom is 0.160 e. The zero-order valence-electron chi connectivity index (χ0n) is 9.77. The average Bonchev–Trinajstić information content (AvgIpc) is 2.37. The Bertz CT molecular complexity index is 620. The van der Waals surface area contributed by atoms with Crippen molar-refractivity contribution >= 4 is 40.5 Å². The molecule has 0 aliphatic carbocycles. The molecule has 0 saturated carbocycles. The highest BCUT2D eigenvalue weighted by Crippen LogP contribution is 2.31. The summed E-state index contributed by atoms with van der Waals surface area (Å²) in [5.74, 6) is -1.15. The Kier molecular flexibility index (Phi) is 4.07. The van der Waals surface area contributed by atoms with Crippen molar-refractivity contribution in [2.45, 2.75) is 0 Å². The molecule has 100 valence electrons. The monoisotopic (exact) mass is 303 g/mol. The summed E-state index contributed by atoms with van der Waals surface area (Å²) in [7, 11) is 1.66. The molecular formula is C12H9Cl2F2N3. The normalized spacial score (nSPS) is 10.4. The smallest absolute Gasteiger partial charge is 0.160 e. The first-order valence-corrected chi connectivity index (χ1v) is 6.02. The van der Waals surface area contributed by atoms with E-state index >= 15 is 0 Å². The van der Waals surface area contributed by atoms with E-state index < -0.39 is 11.6 Å². The van der Waals surface area contributed by atoms with Crippen LogP contribution in [0.15, 0.2) is 24.3 Å². The highest BCUT2D eigenvalue weighted by Gasteiger charge is 2.10. The van der Waals surface area contributed by atoms with E-state index in [1.165, 1.54) is 12.1 Å². The predicted octanol–water partition coefficient (Wildman–Crippen LogP) is 4.45. The first-order chi connectivity index (χ1) is 9.01. The number of benzene rings is 1. The molecule has 1 aromatic carbocycles. The van der Waals surface area contributed by atoms with Gasteiger partial charge in [0.2, 0.25) is 0 Å². The van der Waals surface area contributed by atoms with Crippen molar-refractivity contribution in [3.05, 3.63) is 45.9 Å². The van der Waals surface area contributed by atoms with E-state index in [1.807, 2.05) is 0 Å². The van der Waals surface area contributed by atoms with Gasteiger partial charge in [-0.25, -0.2) is 13.8 Å². The Morgan fingerprint density at radius 1 is 1.00 bits per heavy atom. The van der Waals surface area contributed by atoms with Crippen LogP contribution in [0.1, 0.15) is 0 Å². The number of halogens is 4. The number of rotatable bonds is 3. The highest BCUT2D eigenvalue weighted by atomic mass is 35.5. The van der Waals surface area contributed by atoms with Crippen molar-refractivity contribution in [1.82, 2.24) is 4.98 Å². The summed E-state index contributed by atoms with van der Waals surface area (Å²) in [6.45, 7) is 0. The molecule has 1 aromatic heterocycles. The van der Waals surface area contributed by atoms with Gasteiger partial charge in [0.15, 0.2) is 17.5 Å². The lowest BCUT2D eigenvalue weighted by Gasteiger charge is -2.11. The van der Waals surface area contributed by atoms with E-state index in [1.54, 1.807) is 7.05 Å². The molecule has 19 heavy (non-hydrogen) atoms. The summed E-state index contributed by atoms with van der Waals surface area (Å²) in [4.78, 5) is 4.14. The fraction of sp³-hybridized carbons (Fsp3) is 0.0833. The predicted molar refractivity (Wildman–Crippen MR) is 73.4 cm³/mol. The largest absolute Gasteiger partial charge is 0.372 e. The first kappa shape index (κ1) is 13.8. The Morgan fingerprint density at radius 2 is 1.68 bits per heavy atom. The maximum absolute atomic E-state index is 13.1. The van der Waals surface area contributed by atoms with Crippen LogP contribution in [0.25, 0.3) is 0 Å². The summed E-state index contributed by atoms with van der Waals surface area (Å²) >= 11 is 11.9. The van der Waals surface area contributed by atoms with Gasteiger partial charge in [-0.2, -0.15) is 0 Å². The maximum atomic E-state index is 13.1. The van der Waals surface area contributed by atoms with Gasteiger partial charge in [-0.1, -0.05) is 23.2 Å². The lowest BCUT2D eigenvalue weighted by molar-refractivity contribution is 0.509. The van der Waals surface area contributed by atoms with Crippen LogP contribution < -0.4 is 10.6 Å². The molecule has 3 nitrogen and oxygen atoms in total. The van der Waals surface area contributed by atoms with Gasteiger partial charge in [-0.3, -0.25) is 0 Å². The van der Waals surface area contributed by atoms with Crippen LogP contribution >= 0.6 is 23.2 Å². The number of pyridine rings is 1. The lowest BCUT2D eigenvalue weighted by Crippen LogP contribution is -2.00. The second-order valence-electron chi connectivity index (χ2n) is 3.65. The third-order valence-corrected chi connectivity index (χ3v) is 2.92. The van der Waals surface area contributed by atoms with Gasteiger partial charge in [0.05, 0.1) is 10.0 Å². The number of nitrogens with one attached hydrogen (secondary N) is 2. The fourth-order valence-electron chi connectivity index (χ4n) is 1.44. The first-order valence-electron chi connectivity index (χ1n) is 5.27. The SMILES string of the molecule is CNc1nc(Nc2ccc(F)c(F)c2)c(Cl)cc1Cl. The zero-order chi connectivity index (χ0) is 14.0. The minimum atomic E-state index is -0.955. The number of hydrogen-bond acceptors (Lipinski definition) is 3. The van der Waals surface area contributed by atoms with Crippen LogP contribution in [0.2, 0.25) is 10.0 Å². The standard InChI is InChI=1S/C12H9Cl2F2N3/c1-17-11-7(13)5-8(14)12(19-11)18-6-2-3-9(15)10(16)4-6/h2-5H,1H3,(H2,17,18,19). The quantitative estimate of drug-likeness (QED) is 0.879. The summed E-state index contributed by atoms with van der Waals surface area (Å²) in [5, 5.41) is 6.22. The van der Waals surface area contributed by atoms with E-state index in [2.05, 4.69) is 15.6 Å². The van der Waals surface area contributed by atoms with Crippen molar-refractivity contribution in [1.29, 1.82) is 0 Å². The lowest BCUT2D eigenvalue weighted by atomic mass is 10.3. The van der Waals surface area contributed by atoms with Crippen molar-refractivity contribution in [3.63, 3.8) is 0 Å². The average molecular weight is 304 g/mol. The van der Waals surface area contributed by atoms with Crippen LogP contribution in [0, 0.1) is 11.6 Å². The molecule has 0 bridgehead atoms. The van der Waals surface area contributed by atoms with E-state index in [0.717, 1.165) is 12.1 Å². The minimum absolute atomic E-state index is 0.272. The van der Waals surface area contributed by atoms with Gasteiger partial charge in [0.25, 0.3) is 0 Å². The molecule has 0 fully saturated rings. The molecule has 0 spiro atoms. The summed E-state index contributed by atoms with van der Waals surface area (Å²) in [6.07, 6.45) is 0. The third-order valence-electron chi connectivity index (χ3n) is 2.35. The molecule has 2 N–H and O–H groups in total. The molecule has 0 radical (unpaired) electrons. The zero-order valence-corrected chi connectivity index (χ0v) is 11.3. The van der Waals surface area contributed by atoms with Gasteiger partial charge in [-0.05, 0) is 18.2 Å². The number of hydrogen-bond donors (Lipinski definition) is 2. The van der Waals surface area contributed by atoms with Crippen molar-refractivity contribution < 1.29 is 8.78 Å². The van der Waals surface area contributed by atoms with Crippen LogP contribution in [-0.4, -0.2) is 12.0 Å². The highest BCUT2D eigenvalue weighted by molar-refractivity contribution is 6.37. The fourth-order valence-corrected chi connectivity index (χ4v) is 1.94. The molecule has 0 aliphatic rings. The van der Waals surface area contributed by atoms with Crippen LogP contribution in [0.5, 0.6) is 0 Å². The number of nitrogens with zero attached hydrogens (tertiary/aromatic N) is 1. The minimum Gasteiger partial charge on any atom is -0.372 e. The Balaban J connectivity index is 2.34. The van der Waals surface area contributed by atoms with Gasteiger partial charge in [0.1, 0.15) is 5.82 Å². The number of aromatic nitrogens is 1. The summed E-state index contributed by atoms with van der Waals surface area (Å²) in [6, 6.07) is 4.91. The van der Waals surface area contributed by atoms with Gasteiger partial charge in [0, 0.05) is 18.8 Å². The molecule has 0 amide bonds. The van der Waals surface area contributed by atoms with Gasteiger partial charge in [-0.15, -0.1) is 0 Å². The summed E-state index contributed by atoms with van der Waals surface area (Å²) < 4.78 is 25.9. The van der Waals surface area contributed by atoms with E-state index in [9.17, 15) is 8.78 Å². The molecule has 7 heteroatoms. The molecule has 2 aromatic rings. The Hall–Kier alpha value is -1.59. The van der Waals surface area contributed by atoms with Crippen LogP contribution in [0.3, 0.4) is 0 Å². The third kappa shape index (κ3) is 3.05. The van der Waals surface area contributed by atoms with Gasteiger partial charge >= 0.3 is 0 Å². The molecule has 0 atom stereocenters.